The third-order valence-corrected chi connectivity index (χ3v) is 3.85. The van der Waals surface area contributed by atoms with E-state index in [9.17, 15) is 9.59 Å². The molecule has 1 aliphatic rings. The lowest BCUT2D eigenvalue weighted by Gasteiger charge is -2.16. The molecule has 1 aliphatic heterocycles. The van der Waals surface area contributed by atoms with Gasteiger partial charge < -0.3 is 16.0 Å². The molecule has 2 rings (SSSR count). The normalized spacial score (nSPS) is 15.2. The highest BCUT2D eigenvalue weighted by molar-refractivity contribution is 5.97. The molecule has 1 atom stereocenters. The quantitative estimate of drug-likeness (QED) is 0.866. The SMILES string of the molecule is CC(C)C[C@H](N)C(=O)Nc1ccc(C(=O)N2CCCC2)cc1.Cl. The van der Waals surface area contributed by atoms with Crippen LogP contribution in [0.1, 0.15) is 43.5 Å². The zero-order valence-electron chi connectivity index (χ0n) is 13.7. The minimum absolute atomic E-state index is 0. The molecule has 0 aromatic heterocycles. The second-order valence-corrected chi connectivity index (χ2v) is 6.30. The van der Waals surface area contributed by atoms with E-state index >= 15 is 0 Å². The minimum atomic E-state index is -0.508. The van der Waals surface area contributed by atoms with Gasteiger partial charge in [0.25, 0.3) is 5.91 Å². The number of likely N-dealkylation sites (tertiary alicyclic amines) is 1. The van der Waals surface area contributed by atoms with E-state index < -0.39 is 6.04 Å². The standard InChI is InChI=1S/C17H25N3O2.ClH/c1-12(2)11-15(18)16(21)19-14-7-5-13(6-8-14)17(22)20-9-3-4-10-20;/h5-8,12,15H,3-4,9-11,18H2,1-2H3,(H,19,21);1H/t15-;/m0./s1. The fourth-order valence-corrected chi connectivity index (χ4v) is 2.65. The monoisotopic (exact) mass is 339 g/mol. The molecule has 23 heavy (non-hydrogen) atoms. The topological polar surface area (TPSA) is 75.4 Å². The molecule has 0 bridgehead atoms. The summed E-state index contributed by atoms with van der Waals surface area (Å²) in [6, 6.07) is 6.51. The van der Waals surface area contributed by atoms with Crippen LogP contribution in [0.4, 0.5) is 5.69 Å². The number of nitrogens with two attached hydrogens (primary N) is 1. The Bertz CT molecular complexity index is 525. The summed E-state index contributed by atoms with van der Waals surface area (Å²) in [6.45, 7) is 5.74. The van der Waals surface area contributed by atoms with E-state index in [1.807, 2.05) is 18.7 Å². The summed E-state index contributed by atoms with van der Waals surface area (Å²) in [7, 11) is 0. The summed E-state index contributed by atoms with van der Waals surface area (Å²) in [4.78, 5) is 26.1. The van der Waals surface area contributed by atoms with Gasteiger partial charge in [0, 0.05) is 24.3 Å². The predicted molar refractivity (Wildman–Crippen MR) is 94.9 cm³/mol. The van der Waals surface area contributed by atoms with Gasteiger partial charge in [-0.25, -0.2) is 0 Å². The average Bonchev–Trinajstić information content (AvgIpc) is 3.00. The molecule has 0 radical (unpaired) electrons. The molecule has 128 valence electrons. The van der Waals surface area contributed by atoms with Crippen molar-refractivity contribution < 1.29 is 9.59 Å². The van der Waals surface area contributed by atoms with Gasteiger partial charge in [-0.2, -0.15) is 0 Å². The number of carbonyl (C=O) groups is 2. The molecule has 1 heterocycles. The number of nitrogens with zero attached hydrogens (tertiary/aromatic N) is 1. The van der Waals surface area contributed by atoms with E-state index in [0.717, 1.165) is 25.9 Å². The number of carbonyl (C=O) groups excluding carboxylic acids is 2. The van der Waals surface area contributed by atoms with Gasteiger partial charge in [-0.1, -0.05) is 13.8 Å². The maximum Gasteiger partial charge on any atom is 0.253 e. The fraction of sp³-hybridized carbons (Fsp3) is 0.529. The van der Waals surface area contributed by atoms with Crippen LogP contribution in [-0.2, 0) is 4.79 Å². The molecule has 0 spiro atoms. The second kappa shape index (κ2) is 8.89. The Labute approximate surface area is 144 Å². The zero-order valence-corrected chi connectivity index (χ0v) is 14.6. The Morgan fingerprint density at radius 2 is 1.74 bits per heavy atom. The van der Waals surface area contributed by atoms with E-state index in [4.69, 9.17) is 5.73 Å². The number of rotatable bonds is 5. The molecular weight excluding hydrogens is 314 g/mol. The highest BCUT2D eigenvalue weighted by Gasteiger charge is 2.19. The highest BCUT2D eigenvalue weighted by atomic mass is 35.5. The van der Waals surface area contributed by atoms with Crippen LogP contribution in [0.15, 0.2) is 24.3 Å². The number of hydrogen-bond acceptors (Lipinski definition) is 3. The predicted octanol–water partition coefficient (Wildman–Crippen LogP) is 2.66. The lowest BCUT2D eigenvalue weighted by atomic mass is 10.0. The van der Waals surface area contributed by atoms with Gasteiger partial charge in [-0.15, -0.1) is 12.4 Å². The first-order valence-electron chi connectivity index (χ1n) is 7.93. The molecule has 2 amide bonds. The van der Waals surface area contributed by atoms with Crippen LogP contribution in [0.3, 0.4) is 0 Å². The highest BCUT2D eigenvalue weighted by Crippen LogP contribution is 2.16. The van der Waals surface area contributed by atoms with E-state index in [1.54, 1.807) is 24.3 Å². The van der Waals surface area contributed by atoms with E-state index in [2.05, 4.69) is 5.32 Å². The molecule has 5 nitrogen and oxygen atoms in total. The van der Waals surface area contributed by atoms with Gasteiger partial charge in [0.2, 0.25) is 5.91 Å². The summed E-state index contributed by atoms with van der Waals surface area (Å²) in [5.41, 5.74) is 7.18. The lowest BCUT2D eigenvalue weighted by Crippen LogP contribution is -2.36. The van der Waals surface area contributed by atoms with Crippen LogP contribution < -0.4 is 11.1 Å². The molecule has 1 aromatic rings. The molecule has 6 heteroatoms. The van der Waals surface area contributed by atoms with Crippen LogP contribution in [0.25, 0.3) is 0 Å². The Morgan fingerprint density at radius 1 is 1.17 bits per heavy atom. The number of nitrogens with one attached hydrogen (secondary N) is 1. The largest absolute Gasteiger partial charge is 0.339 e. The van der Waals surface area contributed by atoms with E-state index in [-0.39, 0.29) is 24.2 Å². The summed E-state index contributed by atoms with van der Waals surface area (Å²) in [5, 5.41) is 2.79. The van der Waals surface area contributed by atoms with Crippen LogP contribution in [0, 0.1) is 5.92 Å². The maximum atomic E-state index is 12.2. The Kier molecular flexibility index (Phi) is 7.52. The zero-order chi connectivity index (χ0) is 16.1. The first kappa shape index (κ1) is 19.5. The summed E-state index contributed by atoms with van der Waals surface area (Å²) in [6.07, 6.45) is 2.80. The van der Waals surface area contributed by atoms with E-state index in [1.165, 1.54) is 0 Å². The van der Waals surface area contributed by atoms with Crippen molar-refractivity contribution in [3.8, 4) is 0 Å². The first-order chi connectivity index (χ1) is 10.5. The number of benzene rings is 1. The molecule has 0 unspecified atom stereocenters. The number of hydrogen-bond donors (Lipinski definition) is 2. The Morgan fingerprint density at radius 3 is 2.26 bits per heavy atom. The Hall–Kier alpha value is -1.59. The summed E-state index contributed by atoms with van der Waals surface area (Å²) in [5.74, 6) is 0.250. The summed E-state index contributed by atoms with van der Waals surface area (Å²) < 4.78 is 0. The minimum Gasteiger partial charge on any atom is -0.339 e. The van der Waals surface area contributed by atoms with Crippen molar-refractivity contribution in [2.45, 2.75) is 39.2 Å². The number of halogens is 1. The van der Waals surface area contributed by atoms with Crippen LogP contribution in [0.2, 0.25) is 0 Å². The molecule has 1 aromatic carbocycles. The van der Waals surface area contributed by atoms with Gasteiger partial charge in [-0.3, -0.25) is 9.59 Å². The van der Waals surface area contributed by atoms with Crippen molar-refractivity contribution >= 4 is 29.9 Å². The molecule has 0 saturated carbocycles. The first-order valence-corrected chi connectivity index (χ1v) is 7.93. The van der Waals surface area contributed by atoms with Crippen molar-refractivity contribution in [1.29, 1.82) is 0 Å². The van der Waals surface area contributed by atoms with Gasteiger partial charge in [0.05, 0.1) is 6.04 Å². The molecule has 3 N–H and O–H groups in total. The van der Waals surface area contributed by atoms with Crippen molar-refractivity contribution in [3.05, 3.63) is 29.8 Å². The van der Waals surface area contributed by atoms with Gasteiger partial charge in [0.1, 0.15) is 0 Å². The molecule has 1 fully saturated rings. The van der Waals surface area contributed by atoms with Gasteiger partial charge >= 0.3 is 0 Å². The van der Waals surface area contributed by atoms with E-state index in [0.29, 0.717) is 23.6 Å². The van der Waals surface area contributed by atoms with Crippen molar-refractivity contribution in [3.63, 3.8) is 0 Å². The maximum absolute atomic E-state index is 12.2. The Balaban J connectivity index is 0.00000264. The van der Waals surface area contributed by atoms with Crippen LogP contribution in [-0.4, -0.2) is 35.8 Å². The van der Waals surface area contributed by atoms with Crippen molar-refractivity contribution in [2.24, 2.45) is 11.7 Å². The molecular formula is C17H26ClN3O2. The fourth-order valence-electron chi connectivity index (χ4n) is 2.65. The van der Waals surface area contributed by atoms with Gasteiger partial charge in [0.15, 0.2) is 0 Å². The molecule has 1 saturated heterocycles. The number of amides is 2. The van der Waals surface area contributed by atoms with Crippen molar-refractivity contribution in [1.82, 2.24) is 4.90 Å². The summed E-state index contributed by atoms with van der Waals surface area (Å²) >= 11 is 0. The van der Waals surface area contributed by atoms with Crippen LogP contribution in [0.5, 0.6) is 0 Å². The smallest absolute Gasteiger partial charge is 0.253 e. The third-order valence-electron chi connectivity index (χ3n) is 3.85. The van der Waals surface area contributed by atoms with Gasteiger partial charge in [-0.05, 0) is 49.4 Å². The number of anilines is 1. The van der Waals surface area contributed by atoms with Crippen LogP contribution >= 0.6 is 12.4 Å². The second-order valence-electron chi connectivity index (χ2n) is 6.30. The lowest BCUT2D eigenvalue weighted by molar-refractivity contribution is -0.117. The van der Waals surface area contributed by atoms with Crippen molar-refractivity contribution in [2.75, 3.05) is 18.4 Å². The average molecular weight is 340 g/mol. The third kappa shape index (κ3) is 5.52. The molecule has 0 aliphatic carbocycles.